The summed E-state index contributed by atoms with van der Waals surface area (Å²) in [5, 5.41) is 2.70. The molecule has 1 amide bonds. The van der Waals surface area contributed by atoms with Gasteiger partial charge in [0, 0.05) is 12.1 Å². The van der Waals surface area contributed by atoms with E-state index in [9.17, 15) is 14.4 Å². The van der Waals surface area contributed by atoms with Gasteiger partial charge < -0.3 is 9.73 Å². The lowest BCUT2D eigenvalue weighted by atomic mass is 10.1. The van der Waals surface area contributed by atoms with Crippen LogP contribution in [0, 0.1) is 0 Å². The van der Waals surface area contributed by atoms with Crippen LogP contribution in [0.4, 0.5) is 0 Å². The Balaban J connectivity index is 2.34. The van der Waals surface area contributed by atoms with Crippen molar-refractivity contribution in [3.05, 3.63) is 34.3 Å². The average molecular weight is 276 g/mol. The van der Waals surface area contributed by atoms with Crippen molar-refractivity contribution in [1.82, 2.24) is 9.88 Å². The van der Waals surface area contributed by atoms with E-state index in [1.165, 1.54) is 17.6 Å². The van der Waals surface area contributed by atoms with Crippen LogP contribution in [0.15, 0.2) is 27.4 Å². The highest BCUT2D eigenvalue weighted by atomic mass is 16.4. The molecule has 1 heterocycles. The smallest absolute Gasteiger partial charge is 0.408 e. The molecule has 1 aromatic heterocycles. The lowest BCUT2D eigenvalue weighted by Gasteiger charge is -2.04. The highest BCUT2D eigenvalue weighted by Gasteiger charge is 2.13. The van der Waals surface area contributed by atoms with E-state index >= 15 is 0 Å². The molecular weight excluding hydrogens is 260 g/mol. The van der Waals surface area contributed by atoms with Gasteiger partial charge in [-0.3, -0.25) is 14.2 Å². The van der Waals surface area contributed by atoms with Crippen LogP contribution in [0.3, 0.4) is 0 Å². The topological polar surface area (TPSA) is 81.3 Å². The third-order valence-corrected chi connectivity index (χ3v) is 2.95. The predicted octanol–water partition coefficient (Wildman–Crippen LogP) is 1.32. The maximum atomic E-state index is 11.8. The monoisotopic (exact) mass is 276 g/mol. The Labute approximate surface area is 115 Å². The Morgan fingerprint density at radius 1 is 1.35 bits per heavy atom. The molecule has 0 radical (unpaired) electrons. The molecule has 106 valence electrons. The number of carbonyl (C=O) groups excluding carboxylic acids is 2. The van der Waals surface area contributed by atoms with Gasteiger partial charge in [0.15, 0.2) is 11.4 Å². The zero-order valence-corrected chi connectivity index (χ0v) is 11.4. The predicted molar refractivity (Wildman–Crippen MR) is 73.8 cm³/mol. The Bertz CT molecular complexity index is 712. The van der Waals surface area contributed by atoms with Gasteiger partial charge in [-0.05, 0) is 31.5 Å². The minimum Gasteiger partial charge on any atom is -0.408 e. The van der Waals surface area contributed by atoms with Crippen LogP contribution in [-0.2, 0) is 11.3 Å². The molecular formula is C14H16N2O4. The second-order valence-corrected chi connectivity index (χ2v) is 4.54. The van der Waals surface area contributed by atoms with Crippen molar-refractivity contribution in [2.45, 2.75) is 26.8 Å². The van der Waals surface area contributed by atoms with E-state index < -0.39 is 5.76 Å². The van der Waals surface area contributed by atoms with Gasteiger partial charge in [-0.2, -0.15) is 0 Å². The van der Waals surface area contributed by atoms with Crippen LogP contribution < -0.4 is 11.1 Å². The normalized spacial score (nSPS) is 10.7. The van der Waals surface area contributed by atoms with Crippen molar-refractivity contribution >= 4 is 22.8 Å². The highest BCUT2D eigenvalue weighted by Crippen LogP contribution is 2.15. The molecule has 2 aromatic rings. The zero-order valence-electron chi connectivity index (χ0n) is 11.4. The summed E-state index contributed by atoms with van der Waals surface area (Å²) in [6, 6.07) is 4.74. The fraction of sp³-hybridized carbons (Fsp3) is 0.357. The molecule has 0 bridgehead atoms. The van der Waals surface area contributed by atoms with E-state index in [1.807, 2.05) is 6.92 Å². The van der Waals surface area contributed by atoms with Crippen molar-refractivity contribution in [2.24, 2.45) is 0 Å². The number of Topliss-reactive ketones (excluding diaryl/α,β-unsaturated/α-hetero) is 1. The Hall–Kier alpha value is -2.37. The molecule has 0 fully saturated rings. The van der Waals surface area contributed by atoms with Crippen LogP contribution in [0.1, 0.15) is 30.6 Å². The Kier molecular flexibility index (Phi) is 4.02. The van der Waals surface area contributed by atoms with E-state index in [0.717, 1.165) is 6.42 Å². The van der Waals surface area contributed by atoms with Crippen LogP contribution in [-0.4, -0.2) is 22.8 Å². The summed E-state index contributed by atoms with van der Waals surface area (Å²) in [6.07, 6.45) is 0.828. The molecule has 1 aromatic carbocycles. The van der Waals surface area contributed by atoms with E-state index in [4.69, 9.17) is 4.42 Å². The van der Waals surface area contributed by atoms with E-state index in [2.05, 4.69) is 5.32 Å². The second kappa shape index (κ2) is 5.73. The fourth-order valence-corrected chi connectivity index (χ4v) is 1.90. The van der Waals surface area contributed by atoms with Gasteiger partial charge in [0.05, 0.1) is 5.52 Å². The zero-order chi connectivity index (χ0) is 14.7. The minimum atomic E-state index is -0.604. The lowest BCUT2D eigenvalue weighted by molar-refractivity contribution is -0.121. The summed E-state index contributed by atoms with van der Waals surface area (Å²) in [4.78, 5) is 34.7. The molecule has 1 N–H and O–H groups in total. The van der Waals surface area contributed by atoms with Gasteiger partial charge in [-0.1, -0.05) is 6.92 Å². The molecule has 0 atom stereocenters. The van der Waals surface area contributed by atoms with Crippen molar-refractivity contribution < 1.29 is 14.0 Å². The fourth-order valence-electron chi connectivity index (χ4n) is 1.90. The van der Waals surface area contributed by atoms with Crippen molar-refractivity contribution in [1.29, 1.82) is 0 Å². The lowest BCUT2D eigenvalue weighted by Crippen LogP contribution is -2.31. The summed E-state index contributed by atoms with van der Waals surface area (Å²) in [6.45, 7) is 3.86. The van der Waals surface area contributed by atoms with Crippen molar-refractivity contribution in [2.75, 3.05) is 6.54 Å². The number of aromatic nitrogens is 1. The third-order valence-electron chi connectivity index (χ3n) is 2.95. The molecule has 6 heteroatoms. The third kappa shape index (κ3) is 2.79. The molecule has 0 spiro atoms. The van der Waals surface area contributed by atoms with Gasteiger partial charge in [0.1, 0.15) is 6.54 Å². The van der Waals surface area contributed by atoms with Crippen molar-refractivity contribution in [3.8, 4) is 0 Å². The molecule has 20 heavy (non-hydrogen) atoms. The summed E-state index contributed by atoms with van der Waals surface area (Å²) in [5.41, 5.74) is 1.28. The first-order chi connectivity index (χ1) is 9.52. The number of fused-ring (bicyclic) bond motifs is 1. The minimum absolute atomic E-state index is 0.0920. The highest BCUT2D eigenvalue weighted by molar-refractivity contribution is 5.97. The number of nitrogens with zero attached hydrogens (tertiary/aromatic N) is 1. The largest absolute Gasteiger partial charge is 0.420 e. The summed E-state index contributed by atoms with van der Waals surface area (Å²) >= 11 is 0. The van der Waals surface area contributed by atoms with Gasteiger partial charge in [-0.15, -0.1) is 0 Å². The SMILES string of the molecule is CCCNC(=O)Cn1c(=O)oc2cc(C(C)=O)ccc21. The standard InChI is InChI=1S/C14H16N2O4/c1-3-6-15-13(18)8-16-11-5-4-10(9(2)17)7-12(11)20-14(16)19/h4-5,7H,3,6,8H2,1-2H3,(H,15,18). The summed E-state index contributed by atoms with van der Waals surface area (Å²) < 4.78 is 6.32. The van der Waals surface area contributed by atoms with Crippen LogP contribution in [0.5, 0.6) is 0 Å². The number of hydrogen-bond donors (Lipinski definition) is 1. The number of nitrogens with one attached hydrogen (secondary N) is 1. The Morgan fingerprint density at radius 3 is 2.75 bits per heavy atom. The molecule has 0 aliphatic carbocycles. The number of amides is 1. The number of rotatable bonds is 5. The average Bonchev–Trinajstić information content (AvgIpc) is 2.72. The maximum absolute atomic E-state index is 11.8. The van der Waals surface area contributed by atoms with E-state index in [-0.39, 0.29) is 18.2 Å². The number of carbonyl (C=O) groups is 2. The van der Waals surface area contributed by atoms with Gasteiger partial charge >= 0.3 is 5.76 Å². The quantitative estimate of drug-likeness (QED) is 0.835. The number of ketones is 1. The van der Waals surface area contributed by atoms with E-state index in [1.54, 1.807) is 12.1 Å². The maximum Gasteiger partial charge on any atom is 0.420 e. The van der Waals surface area contributed by atoms with Gasteiger partial charge in [0.2, 0.25) is 5.91 Å². The second-order valence-electron chi connectivity index (χ2n) is 4.54. The molecule has 0 unspecified atom stereocenters. The van der Waals surface area contributed by atoms with Crippen molar-refractivity contribution in [3.63, 3.8) is 0 Å². The molecule has 2 rings (SSSR count). The van der Waals surface area contributed by atoms with E-state index in [0.29, 0.717) is 23.2 Å². The van der Waals surface area contributed by atoms with Gasteiger partial charge in [-0.25, -0.2) is 4.79 Å². The number of hydrogen-bond acceptors (Lipinski definition) is 4. The summed E-state index contributed by atoms with van der Waals surface area (Å²) in [5.74, 6) is -0.956. The molecule has 0 aliphatic heterocycles. The number of oxazole rings is 1. The molecule has 0 aliphatic rings. The first kappa shape index (κ1) is 14.0. The van der Waals surface area contributed by atoms with Crippen LogP contribution >= 0.6 is 0 Å². The molecule has 0 saturated carbocycles. The first-order valence-electron chi connectivity index (χ1n) is 6.44. The molecule has 6 nitrogen and oxygen atoms in total. The first-order valence-corrected chi connectivity index (χ1v) is 6.44. The molecule has 0 saturated heterocycles. The number of benzene rings is 1. The summed E-state index contributed by atoms with van der Waals surface area (Å²) in [7, 11) is 0. The van der Waals surface area contributed by atoms with Crippen LogP contribution in [0.2, 0.25) is 0 Å². The van der Waals surface area contributed by atoms with Crippen LogP contribution in [0.25, 0.3) is 11.1 Å². The Morgan fingerprint density at radius 2 is 2.10 bits per heavy atom. The van der Waals surface area contributed by atoms with Gasteiger partial charge in [0.25, 0.3) is 0 Å².